The molecule has 0 spiro atoms. The Bertz CT molecular complexity index is 169. The summed E-state index contributed by atoms with van der Waals surface area (Å²) in [5.41, 5.74) is 6.28. The minimum absolute atomic E-state index is 0.488. The molecule has 1 aliphatic rings. The van der Waals surface area contributed by atoms with Gasteiger partial charge in [0, 0.05) is 12.6 Å². The minimum Gasteiger partial charge on any atom is -0.330 e. The summed E-state index contributed by atoms with van der Waals surface area (Å²) in [6, 6.07) is 0.700. The molecule has 1 aliphatic carbocycles. The lowest BCUT2D eigenvalue weighted by Gasteiger charge is -2.28. The van der Waals surface area contributed by atoms with Crippen molar-refractivity contribution in [2.24, 2.45) is 11.1 Å². The predicted molar refractivity (Wildman–Crippen MR) is 65.8 cm³/mol. The second-order valence-electron chi connectivity index (χ2n) is 4.75. The third kappa shape index (κ3) is 3.44. The van der Waals surface area contributed by atoms with Gasteiger partial charge >= 0.3 is 0 Å². The first kappa shape index (κ1) is 12.3. The van der Waals surface area contributed by atoms with Crippen molar-refractivity contribution in [2.45, 2.75) is 32.2 Å². The van der Waals surface area contributed by atoms with Crippen LogP contribution < -0.4 is 5.73 Å². The van der Waals surface area contributed by atoms with Gasteiger partial charge in [-0.05, 0) is 57.2 Å². The maximum absolute atomic E-state index is 5.79. The molecule has 14 heavy (non-hydrogen) atoms. The van der Waals surface area contributed by atoms with Gasteiger partial charge in [-0.15, -0.1) is 0 Å². The fourth-order valence-electron chi connectivity index (χ4n) is 1.80. The zero-order valence-electron chi connectivity index (χ0n) is 9.75. The third-order valence-corrected chi connectivity index (χ3v) is 4.11. The van der Waals surface area contributed by atoms with Gasteiger partial charge in [0.2, 0.25) is 0 Å². The standard InChI is InChI=1S/C11H24N2S/c1-10(4-7-14-3)13(2)9-11(8-12)5-6-11/h10H,4-9,12H2,1-3H3. The average molecular weight is 216 g/mol. The van der Waals surface area contributed by atoms with Crippen LogP contribution in [0.4, 0.5) is 0 Å². The van der Waals surface area contributed by atoms with Crippen LogP contribution in [0.15, 0.2) is 0 Å². The van der Waals surface area contributed by atoms with Crippen LogP contribution in [-0.2, 0) is 0 Å². The molecule has 0 aromatic heterocycles. The second kappa shape index (κ2) is 5.38. The van der Waals surface area contributed by atoms with Gasteiger partial charge in [-0.1, -0.05) is 0 Å². The lowest BCUT2D eigenvalue weighted by atomic mass is 10.1. The van der Waals surface area contributed by atoms with E-state index >= 15 is 0 Å². The highest BCUT2D eigenvalue weighted by Crippen LogP contribution is 2.45. The van der Waals surface area contributed by atoms with Gasteiger partial charge < -0.3 is 10.6 Å². The van der Waals surface area contributed by atoms with E-state index in [0.29, 0.717) is 11.5 Å². The van der Waals surface area contributed by atoms with Crippen molar-refractivity contribution in [3.8, 4) is 0 Å². The maximum atomic E-state index is 5.79. The van der Waals surface area contributed by atoms with Crippen LogP contribution in [0.5, 0.6) is 0 Å². The van der Waals surface area contributed by atoms with E-state index in [1.165, 1.54) is 31.6 Å². The number of nitrogens with zero attached hydrogens (tertiary/aromatic N) is 1. The van der Waals surface area contributed by atoms with Crippen molar-refractivity contribution >= 4 is 11.8 Å². The van der Waals surface area contributed by atoms with Crippen molar-refractivity contribution in [1.29, 1.82) is 0 Å². The molecule has 0 bridgehead atoms. The maximum Gasteiger partial charge on any atom is 0.00719 e. The Labute approximate surface area is 92.6 Å². The summed E-state index contributed by atoms with van der Waals surface area (Å²) in [5, 5.41) is 0. The Hall–Kier alpha value is 0.270. The Morgan fingerprint density at radius 3 is 2.57 bits per heavy atom. The van der Waals surface area contributed by atoms with Crippen molar-refractivity contribution in [2.75, 3.05) is 32.1 Å². The molecule has 0 aromatic carbocycles. The molecule has 1 saturated carbocycles. The van der Waals surface area contributed by atoms with Gasteiger partial charge in [-0.2, -0.15) is 11.8 Å². The normalized spacial score (nSPS) is 21.2. The molecule has 2 N–H and O–H groups in total. The van der Waals surface area contributed by atoms with Gasteiger partial charge in [0.15, 0.2) is 0 Å². The van der Waals surface area contributed by atoms with Crippen molar-refractivity contribution in [3.05, 3.63) is 0 Å². The van der Waals surface area contributed by atoms with Crippen LogP contribution in [0.1, 0.15) is 26.2 Å². The van der Waals surface area contributed by atoms with Crippen LogP contribution in [0, 0.1) is 5.41 Å². The van der Waals surface area contributed by atoms with Gasteiger partial charge in [0.1, 0.15) is 0 Å². The highest BCUT2D eigenvalue weighted by molar-refractivity contribution is 7.98. The highest BCUT2D eigenvalue weighted by Gasteiger charge is 2.42. The number of nitrogens with two attached hydrogens (primary N) is 1. The molecule has 0 saturated heterocycles. The molecule has 1 rings (SSSR count). The van der Waals surface area contributed by atoms with Crippen LogP contribution >= 0.6 is 11.8 Å². The highest BCUT2D eigenvalue weighted by atomic mass is 32.2. The van der Waals surface area contributed by atoms with E-state index in [0.717, 1.165) is 6.54 Å². The van der Waals surface area contributed by atoms with E-state index in [9.17, 15) is 0 Å². The lowest BCUT2D eigenvalue weighted by molar-refractivity contribution is 0.206. The summed E-state index contributed by atoms with van der Waals surface area (Å²) in [7, 11) is 2.24. The molecule has 0 aromatic rings. The smallest absolute Gasteiger partial charge is 0.00719 e. The van der Waals surface area contributed by atoms with Crippen molar-refractivity contribution in [3.63, 3.8) is 0 Å². The number of rotatable bonds is 7. The fourth-order valence-corrected chi connectivity index (χ4v) is 2.37. The summed E-state index contributed by atoms with van der Waals surface area (Å²) < 4.78 is 0. The third-order valence-electron chi connectivity index (χ3n) is 3.47. The van der Waals surface area contributed by atoms with Crippen molar-refractivity contribution < 1.29 is 0 Å². The molecule has 0 heterocycles. The van der Waals surface area contributed by atoms with Crippen molar-refractivity contribution in [1.82, 2.24) is 4.90 Å². The fraction of sp³-hybridized carbons (Fsp3) is 1.00. The largest absolute Gasteiger partial charge is 0.330 e. The average Bonchev–Trinajstić information content (AvgIpc) is 2.94. The topological polar surface area (TPSA) is 29.3 Å². The van der Waals surface area contributed by atoms with E-state index in [-0.39, 0.29) is 0 Å². The van der Waals surface area contributed by atoms with Crippen LogP contribution in [0.3, 0.4) is 0 Å². The van der Waals surface area contributed by atoms with Crippen LogP contribution in [0.25, 0.3) is 0 Å². The van der Waals surface area contributed by atoms with E-state index in [2.05, 4.69) is 25.1 Å². The molecule has 0 radical (unpaired) electrons. The van der Waals surface area contributed by atoms with E-state index < -0.39 is 0 Å². The zero-order valence-corrected chi connectivity index (χ0v) is 10.6. The van der Waals surface area contributed by atoms with Gasteiger partial charge in [-0.25, -0.2) is 0 Å². The zero-order chi connectivity index (χ0) is 10.6. The Morgan fingerprint density at radius 2 is 2.14 bits per heavy atom. The summed E-state index contributed by atoms with van der Waals surface area (Å²) in [6.07, 6.45) is 6.14. The first-order valence-corrected chi connectivity index (χ1v) is 6.92. The van der Waals surface area contributed by atoms with Crippen LogP contribution in [-0.4, -0.2) is 43.1 Å². The quantitative estimate of drug-likeness (QED) is 0.703. The van der Waals surface area contributed by atoms with Gasteiger partial charge in [0.05, 0.1) is 0 Å². The molecule has 1 atom stereocenters. The summed E-state index contributed by atoms with van der Waals surface area (Å²) in [6.45, 7) is 4.38. The lowest BCUT2D eigenvalue weighted by Crippen LogP contribution is -2.37. The van der Waals surface area contributed by atoms with Gasteiger partial charge in [0.25, 0.3) is 0 Å². The molecule has 0 aliphatic heterocycles. The predicted octanol–water partition coefficient (Wildman–Crippen LogP) is 1.80. The van der Waals surface area contributed by atoms with E-state index in [1.807, 2.05) is 11.8 Å². The Balaban J connectivity index is 2.23. The first-order valence-electron chi connectivity index (χ1n) is 5.53. The summed E-state index contributed by atoms with van der Waals surface area (Å²) in [4.78, 5) is 2.48. The minimum atomic E-state index is 0.488. The molecule has 2 nitrogen and oxygen atoms in total. The number of hydrogen-bond donors (Lipinski definition) is 1. The molecule has 1 unspecified atom stereocenters. The molecule has 1 fully saturated rings. The Morgan fingerprint density at radius 1 is 1.50 bits per heavy atom. The molecule has 3 heteroatoms. The van der Waals surface area contributed by atoms with E-state index in [1.54, 1.807) is 0 Å². The molecule has 84 valence electrons. The van der Waals surface area contributed by atoms with Gasteiger partial charge in [-0.3, -0.25) is 0 Å². The van der Waals surface area contributed by atoms with E-state index in [4.69, 9.17) is 5.73 Å². The molecule has 0 amide bonds. The second-order valence-corrected chi connectivity index (χ2v) is 5.74. The monoisotopic (exact) mass is 216 g/mol. The molecular weight excluding hydrogens is 192 g/mol. The SMILES string of the molecule is CSCCC(C)N(C)CC1(CN)CC1. The summed E-state index contributed by atoms with van der Waals surface area (Å²) >= 11 is 1.94. The number of hydrogen-bond acceptors (Lipinski definition) is 3. The van der Waals surface area contributed by atoms with Crippen LogP contribution in [0.2, 0.25) is 0 Å². The first-order chi connectivity index (χ1) is 6.63. The Kier molecular flexibility index (Phi) is 4.74. The molecular formula is C11H24N2S. The number of thioether (sulfide) groups is 1. The summed E-state index contributed by atoms with van der Waals surface area (Å²) in [5.74, 6) is 1.27.